The minimum Gasteiger partial charge on any atom is -0.411 e. The first-order valence-corrected chi connectivity index (χ1v) is 7.42. The van der Waals surface area contributed by atoms with Crippen molar-refractivity contribution in [2.45, 2.75) is 9.92 Å². The molecule has 0 saturated carbocycles. The molecule has 0 aliphatic carbocycles. The second kappa shape index (κ2) is 5.24. The third kappa shape index (κ3) is 2.47. The van der Waals surface area contributed by atoms with Gasteiger partial charge in [-0.3, -0.25) is 4.40 Å². The minimum absolute atomic E-state index is 0.701. The number of aromatic nitrogens is 2. The molecule has 96 valence electrons. The molecule has 0 spiro atoms. The maximum Gasteiger partial charge on any atom is 0.195 e. The van der Waals surface area contributed by atoms with Gasteiger partial charge in [0.15, 0.2) is 4.96 Å². The van der Waals surface area contributed by atoms with E-state index in [0.29, 0.717) is 5.02 Å². The summed E-state index contributed by atoms with van der Waals surface area (Å²) in [6, 6.07) is 7.53. The molecule has 0 amide bonds. The lowest BCUT2D eigenvalue weighted by atomic mass is 10.4. The highest BCUT2D eigenvalue weighted by atomic mass is 35.5. The van der Waals surface area contributed by atoms with Crippen LogP contribution in [0.1, 0.15) is 5.69 Å². The lowest BCUT2D eigenvalue weighted by Gasteiger charge is -1.99. The topological polar surface area (TPSA) is 49.9 Å². The maximum atomic E-state index is 8.77. The Morgan fingerprint density at radius 1 is 1.37 bits per heavy atom. The van der Waals surface area contributed by atoms with Crippen molar-refractivity contribution in [2.24, 2.45) is 5.16 Å². The van der Waals surface area contributed by atoms with Crippen molar-refractivity contribution in [1.29, 1.82) is 0 Å². The second-order valence-corrected chi connectivity index (χ2v) is 6.03. The molecule has 0 atom stereocenters. The minimum atomic E-state index is 0.701. The number of rotatable bonds is 3. The summed E-state index contributed by atoms with van der Waals surface area (Å²) >= 11 is 8.90. The van der Waals surface area contributed by atoms with Gasteiger partial charge in [-0.05, 0) is 24.3 Å². The largest absolute Gasteiger partial charge is 0.411 e. The van der Waals surface area contributed by atoms with Crippen molar-refractivity contribution in [3.05, 3.63) is 46.6 Å². The number of halogens is 1. The Kier molecular flexibility index (Phi) is 3.46. The van der Waals surface area contributed by atoms with Gasteiger partial charge in [-0.15, -0.1) is 11.3 Å². The van der Waals surface area contributed by atoms with E-state index in [1.807, 2.05) is 40.2 Å². The standard InChI is InChI=1S/C12H8ClN3OS2/c13-8-1-3-9(4-2-8)19-11-10(7-14-17)16-5-6-18-12(16)15-11/h1-7,17H/b14-7-. The fraction of sp³-hybridized carbons (Fsp3) is 0. The molecule has 0 saturated heterocycles. The van der Waals surface area contributed by atoms with E-state index in [-0.39, 0.29) is 0 Å². The summed E-state index contributed by atoms with van der Waals surface area (Å²) in [5, 5.41) is 15.3. The highest BCUT2D eigenvalue weighted by molar-refractivity contribution is 7.99. The molecule has 0 radical (unpaired) electrons. The highest BCUT2D eigenvalue weighted by Gasteiger charge is 2.13. The van der Waals surface area contributed by atoms with Crippen molar-refractivity contribution in [3.8, 4) is 0 Å². The molecule has 4 nitrogen and oxygen atoms in total. The van der Waals surface area contributed by atoms with Crippen molar-refractivity contribution in [2.75, 3.05) is 0 Å². The number of oxime groups is 1. The fourth-order valence-corrected chi connectivity index (χ4v) is 3.43. The molecule has 1 aromatic carbocycles. The molecule has 2 aromatic heterocycles. The fourth-order valence-electron chi connectivity index (χ4n) is 1.64. The van der Waals surface area contributed by atoms with Crippen molar-refractivity contribution >= 4 is 45.9 Å². The molecule has 3 aromatic rings. The number of hydrogen-bond acceptors (Lipinski definition) is 5. The van der Waals surface area contributed by atoms with Gasteiger partial charge >= 0.3 is 0 Å². The smallest absolute Gasteiger partial charge is 0.195 e. The van der Waals surface area contributed by atoms with E-state index in [0.717, 1.165) is 20.6 Å². The van der Waals surface area contributed by atoms with Crippen LogP contribution < -0.4 is 0 Å². The van der Waals surface area contributed by atoms with Crippen LogP contribution in [0.5, 0.6) is 0 Å². The van der Waals surface area contributed by atoms with Gasteiger partial charge in [0.1, 0.15) is 10.7 Å². The molecule has 0 aliphatic heterocycles. The molecule has 7 heteroatoms. The zero-order valence-electron chi connectivity index (χ0n) is 9.52. The highest BCUT2D eigenvalue weighted by Crippen LogP contribution is 2.31. The van der Waals surface area contributed by atoms with E-state index >= 15 is 0 Å². The van der Waals surface area contributed by atoms with Crippen LogP contribution in [0.4, 0.5) is 0 Å². The Morgan fingerprint density at radius 3 is 2.89 bits per heavy atom. The van der Waals surface area contributed by atoms with E-state index in [1.54, 1.807) is 0 Å². The van der Waals surface area contributed by atoms with Crippen LogP contribution in [0.3, 0.4) is 0 Å². The van der Waals surface area contributed by atoms with E-state index < -0.39 is 0 Å². The molecular weight excluding hydrogens is 302 g/mol. The van der Waals surface area contributed by atoms with Gasteiger partial charge in [-0.1, -0.05) is 28.5 Å². The van der Waals surface area contributed by atoms with Crippen LogP contribution in [0.25, 0.3) is 4.96 Å². The van der Waals surface area contributed by atoms with Crippen LogP contribution in [-0.2, 0) is 0 Å². The first-order valence-electron chi connectivity index (χ1n) is 5.34. The third-order valence-electron chi connectivity index (χ3n) is 2.47. The van der Waals surface area contributed by atoms with Crippen LogP contribution >= 0.6 is 34.7 Å². The number of benzene rings is 1. The van der Waals surface area contributed by atoms with Gasteiger partial charge in [-0.25, -0.2) is 4.98 Å². The van der Waals surface area contributed by atoms with Gasteiger partial charge in [-0.2, -0.15) is 0 Å². The lowest BCUT2D eigenvalue weighted by molar-refractivity contribution is 0.321. The summed E-state index contributed by atoms with van der Waals surface area (Å²) in [5.74, 6) is 0. The average molecular weight is 310 g/mol. The Labute approximate surface area is 122 Å². The van der Waals surface area contributed by atoms with Crippen LogP contribution in [-0.4, -0.2) is 20.8 Å². The monoisotopic (exact) mass is 309 g/mol. The Balaban J connectivity index is 2.02. The number of nitrogens with zero attached hydrogens (tertiary/aromatic N) is 3. The van der Waals surface area contributed by atoms with E-state index in [4.69, 9.17) is 16.8 Å². The molecule has 19 heavy (non-hydrogen) atoms. The van der Waals surface area contributed by atoms with Gasteiger partial charge in [0.2, 0.25) is 0 Å². The normalized spacial score (nSPS) is 11.6. The molecule has 1 N–H and O–H groups in total. The molecule has 0 unspecified atom stereocenters. The van der Waals surface area contributed by atoms with Crippen molar-refractivity contribution < 1.29 is 5.21 Å². The first kappa shape index (κ1) is 12.5. The van der Waals surface area contributed by atoms with E-state index in [2.05, 4.69) is 10.1 Å². The quantitative estimate of drug-likeness (QED) is 0.452. The first-order chi connectivity index (χ1) is 9.28. The molecule has 0 bridgehead atoms. The summed E-state index contributed by atoms with van der Waals surface area (Å²) < 4.78 is 1.89. The summed E-state index contributed by atoms with van der Waals surface area (Å²) in [4.78, 5) is 6.42. The van der Waals surface area contributed by atoms with Crippen molar-refractivity contribution in [1.82, 2.24) is 9.38 Å². The second-order valence-electron chi connectivity index (χ2n) is 3.66. The maximum absolute atomic E-state index is 8.77. The molecule has 0 aliphatic rings. The lowest BCUT2D eigenvalue weighted by Crippen LogP contribution is -1.89. The molecule has 2 heterocycles. The zero-order valence-corrected chi connectivity index (χ0v) is 11.9. The SMILES string of the molecule is O/N=C\c1c(Sc2ccc(Cl)cc2)nc2sccn12. The van der Waals surface area contributed by atoms with Gasteiger partial charge in [0.25, 0.3) is 0 Å². The van der Waals surface area contributed by atoms with E-state index in [9.17, 15) is 0 Å². The number of imidazole rings is 1. The van der Waals surface area contributed by atoms with E-state index in [1.165, 1.54) is 29.3 Å². The predicted octanol–water partition coefficient (Wildman–Crippen LogP) is 4.01. The average Bonchev–Trinajstić information content (AvgIpc) is 2.96. The Hall–Kier alpha value is -1.50. The van der Waals surface area contributed by atoms with Crippen LogP contribution in [0, 0.1) is 0 Å². The van der Waals surface area contributed by atoms with Crippen molar-refractivity contribution in [3.63, 3.8) is 0 Å². The summed E-state index contributed by atoms with van der Waals surface area (Å²) in [5.41, 5.74) is 0.763. The Morgan fingerprint density at radius 2 is 2.16 bits per heavy atom. The number of thiazole rings is 1. The van der Waals surface area contributed by atoms with Crippen LogP contribution in [0.15, 0.2) is 50.9 Å². The molecular formula is C12H8ClN3OS2. The van der Waals surface area contributed by atoms with Gasteiger partial charge < -0.3 is 5.21 Å². The summed E-state index contributed by atoms with van der Waals surface area (Å²) in [6.07, 6.45) is 3.29. The summed E-state index contributed by atoms with van der Waals surface area (Å²) in [7, 11) is 0. The third-order valence-corrected chi connectivity index (χ3v) is 4.48. The van der Waals surface area contributed by atoms with Crippen LogP contribution in [0.2, 0.25) is 5.02 Å². The Bertz CT molecular complexity index is 733. The molecule has 0 fully saturated rings. The van der Waals surface area contributed by atoms with Gasteiger partial charge in [0.05, 0.1) is 6.21 Å². The number of hydrogen-bond donors (Lipinski definition) is 1. The summed E-state index contributed by atoms with van der Waals surface area (Å²) in [6.45, 7) is 0. The predicted molar refractivity (Wildman–Crippen MR) is 78.0 cm³/mol. The zero-order chi connectivity index (χ0) is 13.2. The molecule has 3 rings (SSSR count). The number of fused-ring (bicyclic) bond motifs is 1. The van der Waals surface area contributed by atoms with Gasteiger partial charge in [0, 0.05) is 21.5 Å².